The monoisotopic (exact) mass is 193 g/mol. The van der Waals surface area contributed by atoms with E-state index in [0.717, 1.165) is 6.54 Å². The van der Waals surface area contributed by atoms with E-state index in [1.807, 2.05) is 18.2 Å². The zero-order valence-electron chi connectivity index (χ0n) is 8.07. The Morgan fingerprint density at radius 2 is 2.00 bits per heavy atom. The number of nitrogens with one attached hydrogen (secondary N) is 1. The van der Waals surface area contributed by atoms with Gasteiger partial charge in [0, 0.05) is 6.54 Å². The molecule has 1 aliphatic rings. The highest BCUT2D eigenvalue weighted by Crippen LogP contribution is 2.16. The highest BCUT2D eigenvalue weighted by molar-refractivity contribution is 5.15. The van der Waals surface area contributed by atoms with Gasteiger partial charge in [0.25, 0.3) is 0 Å². The maximum absolute atomic E-state index is 9.17. The molecule has 2 rings (SSSR count). The highest BCUT2D eigenvalue weighted by atomic mass is 16.5. The van der Waals surface area contributed by atoms with Gasteiger partial charge >= 0.3 is 0 Å². The van der Waals surface area contributed by atoms with Gasteiger partial charge in [-0.25, -0.2) is 0 Å². The molecule has 1 aromatic carbocycles. The minimum atomic E-state index is -0.199. The Hall–Kier alpha value is -0.900. The number of aliphatic hydroxyl groups excluding tert-OH is 1. The lowest BCUT2D eigenvalue weighted by Crippen LogP contribution is -2.62. The van der Waals surface area contributed by atoms with Crippen LogP contribution in [0.2, 0.25) is 0 Å². The molecule has 76 valence electrons. The van der Waals surface area contributed by atoms with Crippen LogP contribution in [0.4, 0.5) is 0 Å². The van der Waals surface area contributed by atoms with Crippen molar-refractivity contribution in [2.45, 2.75) is 12.1 Å². The number of rotatable bonds is 4. The summed E-state index contributed by atoms with van der Waals surface area (Å²) < 4.78 is 5.10. The molecule has 0 saturated carbocycles. The van der Waals surface area contributed by atoms with E-state index in [0.29, 0.717) is 13.2 Å². The molecule has 0 bridgehead atoms. The number of hydrogen-bond donors (Lipinski definition) is 2. The predicted molar refractivity (Wildman–Crippen MR) is 53.9 cm³/mol. The molecule has 1 fully saturated rings. The lowest BCUT2D eigenvalue weighted by atomic mass is 9.98. The summed E-state index contributed by atoms with van der Waals surface area (Å²) in [5.74, 6) is 0. The number of aliphatic hydroxyl groups is 1. The van der Waals surface area contributed by atoms with Gasteiger partial charge in [-0.2, -0.15) is 0 Å². The molecule has 0 unspecified atom stereocenters. The van der Waals surface area contributed by atoms with E-state index in [9.17, 15) is 5.11 Å². The van der Waals surface area contributed by atoms with E-state index < -0.39 is 0 Å². The second-order valence-corrected chi connectivity index (χ2v) is 3.77. The Morgan fingerprint density at radius 1 is 1.29 bits per heavy atom. The average molecular weight is 193 g/mol. The molecule has 1 aliphatic heterocycles. The molecule has 0 amide bonds. The molecular weight excluding hydrogens is 178 g/mol. The summed E-state index contributed by atoms with van der Waals surface area (Å²) in [7, 11) is 0. The second kappa shape index (κ2) is 4.09. The van der Waals surface area contributed by atoms with E-state index in [4.69, 9.17) is 4.74 Å². The average Bonchev–Trinajstić information content (AvgIpc) is 2.19. The molecule has 0 atom stereocenters. The van der Waals surface area contributed by atoms with Crippen molar-refractivity contribution in [2.24, 2.45) is 0 Å². The van der Waals surface area contributed by atoms with Crippen molar-refractivity contribution in [3.05, 3.63) is 35.9 Å². The third-order valence-electron chi connectivity index (χ3n) is 2.57. The SMILES string of the molecule is OCC1(NCc2ccccc2)COC1. The molecule has 14 heavy (non-hydrogen) atoms. The molecule has 1 saturated heterocycles. The van der Waals surface area contributed by atoms with E-state index in [1.54, 1.807) is 0 Å². The molecular formula is C11H15NO2. The Balaban J connectivity index is 1.88. The summed E-state index contributed by atoms with van der Waals surface area (Å²) in [6, 6.07) is 10.2. The fourth-order valence-electron chi connectivity index (χ4n) is 1.48. The van der Waals surface area contributed by atoms with E-state index in [-0.39, 0.29) is 12.1 Å². The molecule has 3 heteroatoms. The third kappa shape index (κ3) is 1.95. The fraction of sp³-hybridized carbons (Fsp3) is 0.455. The summed E-state index contributed by atoms with van der Waals surface area (Å²) in [5, 5.41) is 12.5. The smallest absolute Gasteiger partial charge is 0.0889 e. The lowest BCUT2D eigenvalue weighted by molar-refractivity contribution is -0.0981. The Bertz CT molecular complexity index is 277. The van der Waals surface area contributed by atoms with Crippen molar-refractivity contribution >= 4 is 0 Å². The summed E-state index contributed by atoms with van der Waals surface area (Å²) in [4.78, 5) is 0. The maximum atomic E-state index is 9.17. The number of hydrogen-bond acceptors (Lipinski definition) is 3. The lowest BCUT2D eigenvalue weighted by Gasteiger charge is -2.40. The summed E-state index contributed by atoms with van der Waals surface area (Å²) in [6.07, 6.45) is 0. The van der Waals surface area contributed by atoms with Crippen LogP contribution in [0.1, 0.15) is 5.56 Å². The van der Waals surface area contributed by atoms with Crippen LogP contribution in [0.15, 0.2) is 30.3 Å². The van der Waals surface area contributed by atoms with Crippen LogP contribution in [0.5, 0.6) is 0 Å². The van der Waals surface area contributed by atoms with Gasteiger partial charge in [0.15, 0.2) is 0 Å². The summed E-state index contributed by atoms with van der Waals surface area (Å²) in [6.45, 7) is 2.14. The minimum Gasteiger partial charge on any atom is -0.394 e. The van der Waals surface area contributed by atoms with E-state index in [2.05, 4.69) is 17.4 Å². The van der Waals surface area contributed by atoms with Gasteiger partial charge in [0.1, 0.15) is 0 Å². The van der Waals surface area contributed by atoms with Crippen LogP contribution in [-0.2, 0) is 11.3 Å². The van der Waals surface area contributed by atoms with Gasteiger partial charge in [-0.3, -0.25) is 0 Å². The first kappa shape index (κ1) is 9.65. The quantitative estimate of drug-likeness (QED) is 0.733. The van der Waals surface area contributed by atoms with Gasteiger partial charge in [0.2, 0.25) is 0 Å². The molecule has 1 aromatic rings. The Kier molecular flexibility index (Phi) is 2.82. The van der Waals surface area contributed by atoms with Crippen LogP contribution < -0.4 is 5.32 Å². The van der Waals surface area contributed by atoms with Crippen molar-refractivity contribution in [3.8, 4) is 0 Å². The molecule has 2 N–H and O–H groups in total. The van der Waals surface area contributed by atoms with E-state index >= 15 is 0 Å². The topological polar surface area (TPSA) is 41.5 Å². The van der Waals surface area contributed by atoms with Crippen molar-refractivity contribution in [3.63, 3.8) is 0 Å². The van der Waals surface area contributed by atoms with E-state index in [1.165, 1.54) is 5.56 Å². The molecule has 0 aliphatic carbocycles. The van der Waals surface area contributed by atoms with Crippen molar-refractivity contribution < 1.29 is 9.84 Å². The summed E-state index contributed by atoms with van der Waals surface area (Å²) >= 11 is 0. The second-order valence-electron chi connectivity index (χ2n) is 3.77. The van der Waals surface area contributed by atoms with Gasteiger partial charge < -0.3 is 15.2 Å². The van der Waals surface area contributed by atoms with Crippen molar-refractivity contribution in [2.75, 3.05) is 19.8 Å². The molecule has 0 radical (unpaired) electrons. The molecule has 1 heterocycles. The van der Waals surface area contributed by atoms with Crippen molar-refractivity contribution in [1.82, 2.24) is 5.32 Å². The largest absolute Gasteiger partial charge is 0.394 e. The highest BCUT2D eigenvalue weighted by Gasteiger charge is 2.37. The summed E-state index contributed by atoms with van der Waals surface area (Å²) in [5.41, 5.74) is 1.03. The van der Waals surface area contributed by atoms with Crippen molar-refractivity contribution in [1.29, 1.82) is 0 Å². The van der Waals surface area contributed by atoms with Crippen LogP contribution in [0, 0.1) is 0 Å². The maximum Gasteiger partial charge on any atom is 0.0889 e. The zero-order valence-corrected chi connectivity index (χ0v) is 8.07. The van der Waals surface area contributed by atoms with Crippen LogP contribution in [0.25, 0.3) is 0 Å². The standard InChI is InChI=1S/C11H15NO2/c13-7-11(8-14-9-11)12-6-10-4-2-1-3-5-10/h1-5,12-13H,6-9H2. The molecule has 0 aromatic heterocycles. The normalized spacial score (nSPS) is 18.9. The number of benzene rings is 1. The fourth-order valence-corrected chi connectivity index (χ4v) is 1.48. The third-order valence-corrected chi connectivity index (χ3v) is 2.57. The Morgan fingerprint density at radius 3 is 2.50 bits per heavy atom. The molecule has 0 spiro atoms. The van der Waals surface area contributed by atoms with Crippen LogP contribution >= 0.6 is 0 Å². The first-order valence-corrected chi connectivity index (χ1v) is 4.82. The predicted octanol–water partition coefficient (Wildman–Crippen LogP) is 0.537. The van der Waals surface area contributed by atoms with Gasteiger partial charge in [-0.05, 0) is 5.56 Å². The van der Waals surface area contributed by atoms with Gasteiger partial charge in [-0.15, -0.1) is 0 Å². The molecule has 3 nitrogen and oxygen atoms in total. The van der Waals surface area contributed by atoms with Gasteiger partial charge in [0.05, 0.1) is 25.4 Å². The number of ether oxygens (including phenoxy) is 1. The zero-order chi connectivity index (χ0) is 9.86. The van der Waals surface area contributed by atoms with Crippen LogP contribution in [0.3, 0.4) is 0 Å². The first-order chi connectivity index (χ1) is 6.85. The van der Waals surface area contributed by atoms with Crippen LogP contribution in [-0.4, -0.2) is 30.5 Å². The first-order valence-electron chi connectivity index (χ1n) is 4.82. The minimum absolute atomic E-state index is 0.139. The van der Waals surface area contributed by atoms with Gasteiger partial charge in [-0.1, -0.05) is 30.3 Å². The Labute approximate surface area is 83.7 Å².